The predicted molar refractivity (Wildman–Crippen MR) is 61.5 cm³/mol. The van der Waals surface area contributed by atoms with Crippen molar-refractivity contribution in [2.24, 2.45) is 0 Å². The molecule has 92 valence electrons. The third kappa shape index (κ3) is 2.54. The summed E-state index contributed by atoms with van der Waals surface area (Å²) >= 11 is 5.83. The van der Waals surface area contributed by atoms with Crippen molar-refractivity contribution < 1.29 is 14.6 Å². The van der Waals surface area contributed by atoms with E-state index in [2.05, 4.69) is 9.97 Å². The molecule has 6 nitrogen and oxygen atoms in total. The number of anilines is 1. The van der Waals surface area contributed by atoms with Gasteiger partial charge in [-0.05, 0) is 0 Å². The monoisotopic (exact) mass is 257 g/mol. The van der Waals surface area contributed by atoms with E-state index in [0.717, 1.165) is 0 Å². The van der Waals surface area contributed by atoms with E-state index >= 15 is 0 Å². The Morgan fingerprint density at radius 3 is 3.18 bits per heavy atom. The Balaban J connectivity index is 2.27. The minimum atomic E-state index is -0.267. The van der Waals surface area contributed by atoms with E-state index < -0.39 is 0 Å². The number of hydrogen-bond donors (Lipinski definition) is 1. The van der Waals surface area contributed by atoms with Crippen molar-refractivity contribution in [2.45, 2.75) is 6.10 Å². The second-order valence-electron chi connectivity index (χ2n) is 3.64. The Morgan fingerprint density at radius 1 is 1.65 bits per heavy atom. The number of hydrogen-bond acceptors (Lipinski definition) is 6. The van der Waals surface area contributed by atoms with Crippen LogP contribution in [-0.4, -0.2) is 53.8 Å². The fraction of sp³-hybridized carbons (Fsp3) is 0.500. The number of rotatable bonds is 3. The SMILES string of the molecule is O=Cc1c(Cl)ncnc1N1CCOC(CO)C1. The Morgan fingerprint density at radius 2 is 2.47 bits per heavy atom. The summed E-state index contributed by atoms with van der Waals surface area (Å²) in [5.74, 6) is 0.488. The Bertz CT molecular complexity index is 416. The number of aldehydes is 1. The molecule has 0 aromatic carbocycles. The van der Waals surface area contributed by atoms with Crippen molar-refractivity contribution >= 4 is 23.7 Å². The zero-order valence-corrected chi connectivity index (χ0v) is 9.80. The molecule has 0 spiro atoms. The molecule has 0 bridgehead atoms. The Labute approximate surface area is 103 Å². The number of nitrogens with zero attached hydrogens (tertiary/aromatic N) is 3. The number of ether oxygens (including phenoxy) is 1. The van der Waals surface area contributed by atoms with Gasteiger partial charge in [0.15, 0.2) is 6.29 Å². The first-order valence-electron chi connectivity index (χ1n) is 5.19. The van der Waals surface area contributed by atoms with E-state index in [1.54, 1.807) is 0 Å². The number of morpholine rings is 1. The molecular formula is C10H12ClN3O3. The highest BCUT2D eigenvalue weighted by Crippen LogP contribution is 2.23. The van der Waals surface area contributed by atoms with Crippen LogP contribution in [0.2, 0.25) is 5.15 Å². The molecule has 1 saturated heterocycles. The lowest BCUT2D eigenvalue weighted by Crippen LogP contribution is -2.44. The van der Waals surface area contributed by atoms with Gasteiger partial charge in [-0.15, -0.1) is 0 Å². The molecule has 1 N–H and O–H groups in total. The number of aliphatic hydroxyl groups excluding tert-OH is 1. The summed E-state index contributed by atoms with van der Waals surface area (Å²) in [6.07, 6.45) is 1.69. The second kappa shape index (κ2) is 5.39. The lowest BCUT2D eigenvalue weighted by atomic mass is 10.2. The molecule has 2 rings (SSSR count). The van der Waals surface area contributed by atoms with Gasteiger partial charge in [-0.25, -0.2) is 9.97 Å². The first kappa shape index (κ1) is 12.2. The molecule has 0 aliphatic carbocycles. The number of carbonyl (C=O) groups is 1. The van der Waals surface area contributed by atoms with Crippen LogP contribution in [-0.2, 0) is 4.74 Å². The van der Waals surface area contributed by atoms with E-state index in [1.807, 2.05) is 4.90 Å². The highest BCUT2D eigenvalue weighted by atomic mass is 35.5. The second-order valence-corrected chi connectivity index (χ2v) is 4.00. The van der Waals surface area contributed by atoms with Crippen LogP contribution in [0.15, 0.2) is 6.33 Å². The maximum Gasteiger partial charge on any atom is 0.156 e. The summed E-state index contributed by atoms with van der Waals surface area (Å²) in [6, 6.07) is 0. The van der Waals surface area contributed by atoms with Crippen LogP contribution in [0.5, 0.6) is 0 Å². The fourth-order valence-corrected chi connectivity index (χ4v) is 1.91. The van der Waals surface area contributed by atoms with Gasteiger partial charge in [0.2, 0.25) is 0 Å². The van der Waals surface area contributed by atoms with E-state index in [0.29, 0.717) is 31.8 Å². The molecule has 7 heteroatoms. The van der Waals surface area contributed by atoms with Gasteiger partial charge < -0.3 is 14.7 Å². The molecule has 1 fully saturated rings. The van der Waals surface area contributed by atoms with E-state index in [9.17, 15) is 4.79 Å². The normalized spacial score (nSPS) is 20.4. The lowest BCUT2D eigenvalue weighted by molar-refractivity contribution is 0.00333. The highest BCUT2D eigenvalue weighted by molar-refractivity contribution is 6.32. The van der Waals surface area contributed by atoms with Crippen molar-refractivity contribution in [1.29, 1.82) is 0 Å². The summed E-state index contributed by atoms with van der Waals surface area (Å²) in [4.78, 5) is 20.7. The number of aromatic nitrogens is 2. The van der Waals surface area contributed by atoms with Crippen molar-refractivity contribution in [2.75, 3.05) is 31.2 Å². The topological polar surface area (TPSA) is 75.6 Å². The molecule has 1 aliphatic rings. The summed E-state index contributed by atoms with van der Waals surface area (Å²) in [7, 11) is 0. The number of carbonyl (C=O) groups excluding carboxylic acids is 1. The van der Waals surface area contributed by atoms with Gasteiger partial charge in [0.25, 0.3) is 0 Å². The molecule has 0 radical (unpaired) electrons. The molecule has 0 amide bonds. The van der Waals surface area contributed by atoms with Crippen LogP contribution < -0.4 is 4.90 Å². The Hall–Kier alpha value is -1.24. The van der Waals surface area contributed by atoms with Crippen LogP contribution in [0, 0.1) is 0 Å². The quantitative estimate of drug-likeness (QED) is 0.613. The van der Waals surface area contributed by atoms with Crippen molar-refractivity contribution in [1.82, 2.24) is 9.97 Å². The summed E-state index contributed by atoms with van der Waals surface area (Å²) in [5.41, 5.74) is 0.271. The van der Waals surface area contributed by atoms with Gasteiger partial charge in [-0.1, -0.05) is 11.6 Å². The molecule has 1 aromatic heterocycles. The first-order chi connectivity index (χ1) is 8.26. The largest absolute Gasteiger partial charge is 0.394 e. The van der Waals surface area contributed by atoms with Gasteiger partial charge in [0.05, 0.1) is 24.9 Å². The molecule has 2 heterocycles. The molecule has 1 unspecified atom stereocenters. The summed E-state index contributed by atoms with van der Waals surface area (Å²) in [5, 5.41) is 9.19. The molecule has 1 atom stereocenters. The average molecular weight is 258 g/mol. The van der Waals surface area contributed by atoms with Crippen LogP contribution >= 0.6 is 11.6 Å². The summed E-state index contributed by atoms with van der Waals surface area (Å²) in [6.45, 7) is 1.49. The third-order valence-corrected chi connectivity index (χ3v) is 2.88. The van der Waals surface area contributed by atoms with Gasteiger partial charge in [0, 0.05) is 13.1 Å². The minimum absolute atomic E-state index is 0.0638. The van der Waals surface area contributed by atoms with Crippen LogP contribution in [0.4, 0.5) is 5.82 Å². The first-order valence-corrected chi connectivity index (χ1v) is 5.57. The van der Waals surface area contributed by atoms with Crippen LogP contribution in [0.1, 0.15) is 10.4 Å². The van der Waals surface area contributed by atoms with Gasteiger partial charge in [-0.2, -0.15) is 0 Å². The molecule has 17 heavy (non-hydrogen) atoms. The van der Waals surface area contributed by atoms with E-state index in [4.69, 9.17) is 21.4 Å². The summed E-state index contributed by atoms with van der Waals surface area (Å²) < 4.78 is 5.33. The minimum Gasteiger partial charge on any atom is -0.394 e. The highest BCUT2D eigenvalue weighted by Gasteiger charge is 2.23. The third-order valence-electron chi connectivity index (χ3n) is 2.57. The van der Waals surface area contributed by atoms with E-state index in [1.165, 1.54) is 6.33 Å². The lowest BCUT2D eigenvalue weighted by Gasteiger charge is -2.33. The maximum atomic E-state index is 11.0. The fourth-order valence-electron chi connectivity index (χ4n) is 1.74. The maximum absolute atomic E-state index is 11.0. The van der Waals surface area contributed by atoms with Crippen molar-refractivity contribution in [3.8, 4) is 0 Å². The number of halogens is 1. The molecule has 0 saturated carbocycles. The zero-order valence-electron chi connectivity index (χ0n) is 9.04. The van der Waals surface area contributed by atoms with Crippen molar-refractivity contribution in [3.63, 3.8) is 0 Å². The molecule has 1 aromatic rings. The molecule has 1 aliphatic heterocycles. The standard InChI is InChI=1S/C10H12ClN3O3/c11-9-8(5-16)10(13-6-12-9)14-1-2-17-7(3-14)4-15/h5-7,15H,1-4H2. The molecular weight excluding hydrogens is 246 g/mol. The van der Waals surface area contributed by atoms with Crippen LogP contribution in [0.25, 0.3) is 0 Å². The van der Waals surface area contributed by atoms with Gasteiger partial charge in [-0.3, -0.25) is 4.79 Å². The van der Waals surface area contributed by atoms with Gasteiger partial charge in [0.1, 0.15) is 17.3 Å². The Kier molecular flexibility index (Phi) is 3.88. The van der Waals surface area contributed by atoms with E-state index in [-0.39, 0.29) is 23.4 Å². The number of aliphatic hydroxyl groups is 1. The average Bonchev–Trinajstić information content (AvgIpc) is 2.38. The smallest absolute Gasteiger partial charge is 0.156 e. The van der Waals surface area contributed by atoms with Gasteiger partial charge >= 0.3 is 0 Å². The predicted octanol–water partition coefficient (Wildman–Crippen LogP) is 0.140. The van der Waals surface area contributed by atoms with Crippen LogP contribution in [0.3, 0.4) is 0 Å². The van der Waals surface area contributed by atoms with Crippen molar-refractivity contribution in [3.05, 3.63) is 17.0 Å². The zero-order chi connectivity index (χ0) is 12.3.